The smallest absolute Gasteiger partial charge is 0.301 e. The SMILES string of the molecule is Cc1ccc([C@H]2C(=C(O)c3ccc4c(c3)C[C@@H](C)O4)C(=O)C(=O)N2c2nc3c(C)cc(C)cc3s2)cc1. The standard InChI is InChI=1S/C30H26N2O4S/c1-15-5-7-19(8-6-15)26-24(27(33)20-9-10-22-21(14-20)13-18(4)36-22)28(34)29(35)32(26)30-31-25-17(3)11-16(2)12-23(25)37-30/h5-12,14,18,26,33H,13H2,1-4H3/t18-,26+/m1/s1. The third-order valence-electron chi connectivity index (χ3n) is 7.03. The van der Waals surface area contributed by atoms with E-state index in [-0.39, 0.29) is 17.4 Å². The molecule has 0 unspecified atom stereocenters. The molecule has 2 atom stereocenters. The number of ether oxygens (including phenoxy) is 1. The fourth-order valence-corrected chi connectivity index (χ4v) is 6.45. The second-order valence-electron chi connectivity index (χ2n) is 9.96. The zero-order chi connectivity index (χ0) is 26.0. The number of ketones is 1. The number of thiazole rings is 1. The Balaban J connectivity index is 1.54. The maximum atomic E-state index is 13.5. The van der Waals surface area contributed by atoms with Gasteiger partial charge in [-0.05, 0) is 74.2 Å². The summed E-state index contributed by atoms with van der Waals surface area (Å²) in [6.07, 6.45) is 0.771. The quantitative estimate of drug-likeness (QED) is 0.203. The number of aliphatic hydroxyl groups excluding tert-OH is 1. The van der Waals surface area contributed by atoms with Crippen LogP contribution in [-0.4, -0.2) is 27.9 Å². The highest BCUT2D eigenvalue weighted by molar-refractivity contribution is 7.22. The first-order valence-electron chi connectivity index (χ1n) is 12.3. The number of carbonyl (C=O) groups is 2. The van der Waals surface area contributed by atoms with E-state index in [0.717, 1.165) is 50.2 Å². The Labute approximate surface area is 218 Å². The van der Waals surface area contributed by atoms with E-state index in [9.17, 15) is 14.7 Å². The van der Waals surface area contributed by atoms with Crippen molar-refractivity contribution < 1.29 is 19.4 Å². The number of benzene rings is 3. The lowest BCUT2D eigenvalue weighted by molar-refractivity contribution is -0.132. The van der Waals surface area contributed by atoms with E-state index in [1.807, 2.05) is 70.2 Å². The van der Waals surface area contributed by atoms with Gasteiger partial charge in [0, 0.05) is 12.0 Å². The van der Waals surface area contributed by atoms with Crippen molar-refractivity contribution in [2.24, 2.45) is 0 Å². The van der Waals surface area contributed by atoms with Crippen molar-refractivity contribution in [2.45, 2.75) is 46.3 Å². The van der Waals surface area contributed by atoms with Crippen LogP contribution < -0.4 is 9.64 Å². The summed E-state index contributed by atoms with van der Waals surface area (Å²) < 4.78 is 6.74. The van der Waals surface area contributed by atoms with Crippen molar-refractivity contribution in [2.75, 3.05) is 4.90 Å². The molecule has 6 rings (SSSR count). The molecule has 7 heteroatoms. The number of carbonyl (C=O) groups excluding carboxylic acids is 2. The fraction of sp³-hybridized carbons (Fsp3) is 0.233. The molecular weight excluding hydrogens is 484 g/mol. The normalized spacial score (nSPS) is 20.5. The number of anilines is 1. The van der Waals surface area contributed by atoms with E-state index in [1.54, 1.807) is 6.07 Å². The van der Waals surface area contributed by atoms with Crippen molar-refractivity contribution >= 4 is 44.1 Å². The molecule has 0 saturated carbocycles. The molecule has 1 N–H and O–H groups in total. The molecule has 3 aromatic carbocycles. The molecule has 1 amide bonds. The maximum absolute atomic E-state index is 13.5. The van der Waals surface area contributed by atoms with Crippen LogP contribution in [0.3, 0.4) is 0 Å². The molecule has 1 saturated heterocycles. The second kappa shape index (κ2) is 8.56. The Hall–Kier alpha value is -3.97. The molecule has 186 valence electrons. The van der Waals surface area contributed by atoms with Crippen molar-refractivity contribution in [3.63, 3.8) is 0 Å². The van der Waals surface area contributed by atoms with Gasteiger partial charge in [-0.25, -0.2) is 4.98 Å². The number of rotatable bonds is 3. The third kappa shape index (κ3) is 3.81. The number of aryl methyl sites for hydroxylation is 3. The van der Waals surface area contributed by atoms with Crippen LogP contribution in [0, 0.1) is 20.8 Å². The summed E-state index contributed by atoms with van der Waals surface area (Å²) in [6.45, 7) is 7.98. The number of hydrogen-bond acceptors (Lipinski definition) is 6. The summed E-state index contributed by atoms with van der Waals surface area (Å²) >= 11 is 1.38. The van der Waals surface area contributed by atoms with E-state index in [0.29, 0.717) is 10.7 Å². The van der Waals surface area contributed by atoms with Gasteiger partial charge in [-0.2, -0.15) is 0 Å². The van der Waals surface area contributed by atoms with Gasteiger partial charge in [0.15, 0.2) is 5.13 Å². The number of aromatic nitrogens is 1. The van der Waals surface area contributed by atoms with Gasteiger partial charge in [0.1, 0.15) is 17.6 Å². The summed E-state index contributed by atoms with van der Waals surface area (Å²) in [5.41, 5.74) is 6.23. The highest BCUT2D eigenvalue weighted by atomic mass is 32.1. The lowest BCUT2D eigenvalue weighted by Gasteiger charge is -2.23. The average Bonchev–Trinajstić information content (AvgIpc) is 3.52. The first-order chi connectivity index (χ1) is 17.7. The molecule has 6 nitrogen and oxygen atoms in total. The number of hydrogen-bond donors (Lipinski definition) is 1. The largest absolute Gasteiger partial charge is 0.507 e. The molecular formula is C30H26N2O4S. The topological polar surface area (TPSA) is 79.7 Å². The van der Waals surface area contributed by atoms with Crippen molar-refractivity contribution in [1.82, 2.24) is 4.98 Å². The number of nitrogens with zero attached hydrogens (tertiary/aromatic N) is 2. The van der Waals surface area contributed by atoms with Gasteiger partial charge in [-0.15, -0.1) is 0 Å². The van der Waals surface area contributed by atoms with Gasteiger partial charge in [0.25, 0.3) is 5.78 Å². The second-order valence-corrected chi connectivity index (χ2v) is 11.0. The monoisotopic (exact) mass is 510 g/mol. The van der Waals surface area contributed by atoms with Crippen LogP contribution in [-0.2, 0) is 16.0 Å². The fourth-order valence-electron chi connectivity index (χ4n) is 5.28. The highest BCUT2D eigenvalue weighted by Crippen LogP contribution is 2.45. The summed E-state index contributed by atoms with van der Waals surface area (Å²) in [5, 5.41) is 11.9. The van der Waals surface area contributed by atoms with Crippen LogP contribution in [0.15, 0.2) is 60.2 Å². The predicted octanol–water partition coefficient (Wildman–Crippen LogP) is 6.17. The van der Waals surface area contributed by atoms with Crippen LogP contribution in [0.2, 0.25) is 0 Å². The summed E-state index contributed by atoms with van der Waals surface area (Å²) in [5.74, 6) is -0.833. The zero-order valence-electron chi connectivity index (χ0n) is 21.0. The van der Waals surface area contributed by atoms with Crippen LogP contribution in [0.25, 0.3) is 16.0 Å². The third-order valence-corrected chi connectivity index (χ3v) is 8.03. The van der Waals surface area contributed by atoms with Crippen LogP contribution in [0.4, 0.5) is 5.13 Å². The van der Waals surface area contributed by atoms with Gasteiger partial charge in [0.2, 0.25) is 0 Å². The van der Waals surface area contributed by atoms with E-state index in [1.165, 1.54) is 16.2 Å². The molecule has 0 bridgehead atoms. The maximum Gasteiger partial charge on any atom is 0.301 e. The molecule has 0 radical (unpaired) electrons. The Morgan fingerprint density at radius 1 is 1.03 bits per heavy atom. The van der Waals surface area contributed by atoms with E-state index < -0.39 is 17.7 Å². The molecule has 2 aliphatic rings. The van der Waals surface area contributed by atoms with Gasteiger partial charge in [0.05, 0.1) is 21.8 Å². The van der Waals surface area contributed by atoms with Gasteiger partial charge < -0.3 is 9.84 Å². The molecule has 0 aliphatic carbocycles. The van der Waals surface area contributed by atoms with Crippen molar-refractivity contribution in [3.05, 3.63) is 93.6 Å². The lowest BCUT2D eigenvalue weighted by atomic mass is 9.94. The molecule has 2 aliphatic heterocycles. The van der Waals surface area contributed by atoms with Crippen LogP contribution in [0.1, 0.15) is 46.3 Å². The summed E-state index contributed by atoms with van der Waals surface area (Å²) in [4.78, 5) is 33.3. The van der Waals surface area contributed by atoms with Crippen molar-refractivity contribution in [3.8, 4) is 5.75 Å². The molecule has 4 aromatic rings. The summed E-state index contributed by atoms with van der Waals surface area (Å²) in [6, 6.07) is 16.3. The molecule has 3 heterocycles. The predicted molar refractivity (Wildman–Crippen MR) is 145 cm³/mol. The van der Waals surface area contributed by atoms with E-state index in [2.05, 4.69) is 6.07 Å². The molecule has 37 heavy (non-hydrogen) atoms. The highest BCUT2D eigenvalue weighted by Gasteiger charge is 2.48. The lowest BCUT2D eigenvalue weighted by Crippen LogP contribution is -2.29. The Bertz CT molecular complexity index is 1630. The molecule has 1 fully saturated rings. The first kappa shape index (κ1) is 23.4. The number of amides is 1. The minimum Gasteiger partial charge on any atom is -0.507 e. The number of fused-ring (bicyclic) bond motifs is 2. The average molecular weight is 511 g/mol. The molecule has 1 aromatic heterocycles. The first-order valence-corrected chi connectivity index (χ1v) is 13.1. The van der Waals surface area contributed by atoms with E-state index >= 15 is 0 Å². The van der Waals surface area contributed by atoms with E-state index in [4.69, 9.17) is 9.72 Å². The van der Waals surface area contributed by atoms with Crippen molar-refractivity contribution in [1.29, 1.82) is 0 Å². The Morgan fingerprint density at radius 3 is 2.54 bits per heavy atom. The van der Waals surface area contributed by atoms with Gasteiger partial charge in [-0.3, -0.25) is 14.5 Å². The number of Topliss-reactive ketones (excluding diaryl/α,β-unsaturated/α-hetero) is 1. The van der Waals surface area contributed by atoms with Crippen LogP contribution in [0.5, 0.6) is 5.75 Å². The zero-order valence-corrected chi connectivity index (χ0v) is 21.8. The summed E-state index contributed by atoms with van der Waals surface area (Å²) in [7, 11) is 0. The Morgan fingerprint density at radius 2 is 1.78 bits per heavy atom. The van der Waals surface area contributed by atoms with Gasteiger partial charge in [-0.1, -0.05) is 47.2 Å². The Kier molecular flexibility index (Phi) is 5.42. The van der Waals surface area contributed by atoms with Gasteiger partial charge >= 0.3 is 5.91 Å². The molecule has 0 spiro atoms. The van der Waals surface area contributed by atoms with Crippen LogP contribution >= 0.6 is 11.3 Å². The minimum atomic E-state index is -0.800. The minimum absolute atomic E-state index is 0.0525. The number of aliphatic hydroxyl groups is 1.